The summed E-state index contributed by atoms with van der Waals surface area (Å²) in [6, 6.07) is -1.62. The highest BCUT2D eigenvalue weighted by Crippen LogP contribution is 2.38. The molecule has 0 saturated carbocycles. The first-order valence-electron chi connectivity index (χ1n) is 7.75. The second-order valence-corrected chi connectivity index (χ2v) is 5.80. The molecule has 0 aliphatic heterocycles. The number of nitrogens with two attached hydrogens (primary N) is 1. The van der Waals surface area contributed by atoms with E-state index in [1.807, 2.05) is 13.0 Å². The van der Waals surface area contributed by atoms with Crippen LogP contribution >= 0.6 is 0 Å². The molecule has 0 spiro atoms. The van der Waals surface area contributed by atoms with E-state index in [0.717, 1.165) is 18.4 Å². The van der Waals surface area contributed by atoms with Crippen molar-refractivity contribution >= 4 is 5.82 Å². The molecule has 1 aromatic heterocycles. The number of anilines is 1. The molecule has 0 bridgehead atoms. The van der Waals surface area contributed by atoms with Crippen molar-refractivity contribution in [2.24, 2.45) is 0 Å². The Labute approximate surface area is 137 Å². The van der Waals surface area contributed by atoms with Gasteiger partial charge in [-0.2, -0.15) is 18.3 Å². The molecule has 1 aliphatic carbocycles. The van der Waals surface area contributed by atoms with E-state index in [-0.39, 0.29) is 17.8 Å². The van der Waals surface area contributed by atoms with Gasteiger partial charge in [0.25, 0.3) is 0 Å². The summed E-state index contributed by atoms with van der Waals surface area (Å²) in [5, 5.41) is 3.57. The third-order valence-corrected chi connectivity index (χ3v) is 4.19. The third kappa shape index (κ3) is 3.79. The van der Waals surface area contributed by atoms with Crippen LogP contribution in [0.2, 0.25) is 0 Å². The molecule has 24 heavy (non-hydrogen) atoms. The van der Waals surface area contributed by atoms with Crippen LogP contribution in [0.15, 0.2) is 23.3 Å². The summed E-state index contributed by atoms with van der Waals surface area (Å²) in [6.45, 7) is -0.556. The molecule has 134 valence electrons. The molecule has 8 heteroatoms. The first kappa shape index (κ1) is 18.5. The third-order valence-electron chi connectivity index (χ3n) is 4.19. The molecule has 0 saturated heterocycles. The Kier molecular flexibility index (Phi) is 5.66. The van der Waals surface area contributed by atoms with Crippen molar-refractivity contribution in [3.8, 4) is 0 Å². The fourth-order valence-electron chi connectivity index (χ4n) is 2.79. The van der Waals surface area contributed by atoms with Crippen molar-refractivity contribution in [1.82, 2.24) is 9.78 Å². The number of hydrogen-bond donors (Lipinski definition) is 1. The smallest absolute Gasteiger partial charge is 0.382 e. The SMILES string of the molecule is CCC1=CC=C(Cc2c(N)nn(C(CF)CF)c2C(F)(F)F)CC1. The summed E-state index contributed by atoms with van der Waals surface area (Å²) >= 11 is 0. The van der Waals surface area contributed by atoms with Crippen molar-refractivity contribution < 1.29 is 22.0 Å². The zero-order chi connectivity index (χ0) is 17.9. The monoisotopic (exact) mass is 349 g/mol. The van der Waals surface area contributed by atoms with E-state index in [9.17, 15) is 22.0 Å². The van der Waals surface area contributed by atoms with Crippen molar-refractivity contribution in [2.75, 3.05) is 19.1 Å². The van der Waals surface area contributed by atoms with E-state index in [0.29, 0.717) is 11.1 Å². The number of nitrogen functional groups attached to an aromatic ring is 1. The minimum Gasteiger partial charge on any atom is -0.382 e. The zero-order valence-electron chi connectivity index (χ0n) is 13.3. The minimum absolute atomic E-state index is 0.0283. The quantitative estimate of drug-likeness (QED) is 0.765. The minimum atomic E-state index is -4.79. The molecule has 3 nitrogen and oxygen atoms in total. The fourth-order valence-corrected chi connectivity index (χ4v) is 2.79. The molecule has 1 heterocycles. The van der Waals surface area contributed by atoms with Crippen molar-refractivity contribution in [2.45, 2.75) is 44.8 Å². The van der Waals surface area contributed by atoms with E-state index < -0.39 is 31.3 Å². The Morgan fingerprint density at radius 3 is 2.21 bits per heavy atom. The predicted octanol–water partition coefficient (Wildman–Crippen LogP) is 4.56. The van der Waals surface area contributed by atoms with Gasteiger partial charge in [0.15, 0.2) is 0 Å². The fraction of sp³-hybridized carbons (Fsp3) is 0.562. The van der Waals surface area contributed by atoms with E-state index in [1.165, 1.54) is 5.57 Å². The van der Waals surface area contributed by atoms with Gasteiger partial charge in [-0.1, -0.05) is 30.2 Å². The molecule has 0 amide bonds. The summed E-state index contributed by atoms with van der Waals surface area (Å²) in [6.07, 6.45) is 1.19. The lowest BCUT2D eigenvalue weighted by atomic mass is 9.92. The number of rotatable bonds is 6. The van der Waals surface area contributed by atoms with Crippen LogP contribution in [0.3, 0.4) is 0 Å². The molecule has 0 aromatic carbocycles. The van der Waals surface area contributed by atoms with Gasteiger partial charge in [0.2, 0.25) is 0 Å². The lowest BCUT2D eigenvalue weighted by Crippen LogP contribution is -2.23. The maximum atomic E-state index is 13.4. The van der Waals surface area contributed by atoms with Gasteiger partial charge < -0.3 is 5.73 Å². The Morgan fingerprint density at radius 1 is 1.17 bits per heavy atom. The number of aromatic nitrogens is 2. The first-order chi connectivity index (χ1) is 11.3. The van der Waals surface area contributed by atoms with Crippen LogP contribution in [-0.2, 0) is 12.6 Å². The average molecular weight is 349 g/mol. The second kappa shape index (κ2) is 7.36. The molecule has 1 aromatic rings. The normalized spacial score (nSPS) is 15.6. The highest BCUT2D eigenvalue weighted by atomic mass is 19.4. The van der Waals surface area contributed by atoms with E-state index in [2.05, 4.69) is 5.10 Å². The van der Waals surface area contributed by atoms with Gasteiger partial charge in [0, 0.05) is 5.56 Å². The standard InChI is InChI=1S/C16H20F5N3/c1-2-10-3-5-11(6-4-10)7-13-14(16(19,20)21)24(23-15(13)22)12(8-17)9-18/h3,5,12H,2,4,6-9H2,1H3,(H2,22,23). The summed E-state index contributed by atoms with van der Waals surface area (Å²) in [7, 11) is 0. The predicted molar refractivity (Wildman–Crippen MR) is 82.0 cm³/mol. The van der Waals surface area contributed by atoms with Crippen LogP contribution in [0.1, 0.15) is 43.5 Å². The molecule has 0 radical (unpaired) electrons. The average Bonchev–Trinajstić information content (AvgIpc) is 2.86. The molecular weight excluding hydrogens is 329 g/mol. The molecule has 0 unspecified atom stereocenters. The number of alkyl halides is 5. The Morgan fingerprint density at radius 2 is 1.75 bits per heavy atom. The van der Waals surface area contributed by atoms with Crippen molar-refractivity contribution in [3.05, 3.63) is 34.6 Å². The Balaban J connectivity index is 2.43. The molecule has 2 rings (SSSR count). The number of halogens is 5. The van der Waals surface area contributed by atoms with Gasteiger partial charge in [-0.15, -0.1) is 0 Å². The number of nitrogens with zero attached hydrogens (tertiary/aromatic N) is 2. The maximum absolute atomic E-state index is 13.4. The second-order valence-electron chi connectivity index (χ2n) is 5.80. The van der Waals surface area contributed by atoms with Crippen LogP contribution in [0, 0.1) is 0 Å². The van der Waals surface area contributed by atoms with Gasteiger partial charge >= 0.3 is 6.18 Å². The van der Waals surface area contributed by atoms with Crippen LogP contribution < -0.4 is 5.73 Å². The van der Waals surface area contributed by atoms with Crippen LogP contribution in [0.25, 0.3) is 0 Å². The molecule has 1 aliphatic rings. The van der Waals surface area contributed by atoms with Crippen molar-refractivity contribution in [1.29, 1.82) is 0 Å². The van der Waals surface area contributed by atoms with Gasteiger partial charge in [-0.25, -0.2) is 13.5 Å². The highest BCUT2D eigenvalue weighted by molar-refractivity contribution is 5.47. The first-order valence-corrected chi connectivity index (χ1v) is 7.75. The van der Waals surface area contributed by atoms with E-state index >= 15 is 0 Å². The van der Waals surface area contributed by atoms with Crippen LogP contribution in [0.5, 0.6) is 0 Å². The van der Waals surface area contributed by atoms with Gasteiger partial charge in [0.05, 0.1) is 0 Å². The number of hydrogen-bond acceptors (Lipinski definition) is 2. The number of allylic oxidation sites excluding steroid dienone is 4. The molecule has 0 atom stereocenters. The summed E-state index contributed by atoms with van der Waals surface area (Å²) in [5.41, 5.74) is 6.29. The van der Waals surface area contributed by atoms with E-state index in [1.54, 1.807) is 6.08 Å². The van der Waals surface area contributed by atoms with E-state index in [4.69, 9.17) is 5.73 Å². The molecule has 2 N–H and O–H groups in total. The van der Waals surface area contributed by atoms with Crippen molar-refractivity contribution in [3.63, 3.8) is 0 Å². The Hall–Kier alpha value is -1.86. The summed E-state index contributed by atoms with van der Waals surface area (Å²) in [4.78, 5) is 0. The zero-order valence-corrected chi connectivity index (χ0v) is 13.3. The lowest BCUT2D eigenvalue weighted by molar-refractivity contribution is -0.145. The molecular formula is C16H20F5N3. The van der Waals surface area contributed by atoms with Gasteiger partial charge in [-0.05, 0) is 25.7 Å². The van der Waals surface area contributed by atoms with Crippen LogP contribution in [0.4, 0.5) is 27.8 Å². The lowest BCUT2D eigenvalue weighted by Gasteiger charge is -2.18. The van der Waals surface area contributed by atoms with Crippen LogP contribution in [-0.4, -0.2) is 23.1 Å². The summed E-state index contributed by atoms with van der Waals surface area (Å²) < 4.78 is 66.4. The molecule has 0 fully saturated rings. The Bertz CT molecular complexity index is 639. The maximum Gasteiger partial charge on any atom is 0.433 e. The van der Waals surface area contributed by atoms with Gasteiger partial charge in [0.1, 0.15) is 30.9 Å². The largest absolute Gasteiger partial charge is 0.433 e. The van der Waals surface area contributed by atoms with Gasteiger partial charge in [-0.3, -0.25) is 0 Å². The topological polar surface area (TPSA) is 43.8 Å². The highest BCUT2D eigenvalue weighted by Gasteiger charge is 2.41. The summed E-state index contributed by atoms with van der Waals surface area (Å²) in [5.74, 6) is -0.333.